The highest BCUT2D eigenvalue weighted by Crippen LogP contribution is 2.25. The highest BCUT2D eigenvalue weighted by atomic mass is 35.5. The van der Waals surface area contributed by atoms with Crippen LogP contribution in [-0.2, 0) is 9.59 Å². The molecule has 0 atom stereocenters. The van der Waals surface area contributed by atoms with Gasteiger partial charge in [-0.3, -0.25) is 19.8 Å². The molecule has 0 bridgehead atoms. The molecule has 0 aliphatic carbocycles. The third kappa shape index (κ3) is 4.93. The number of unbranched alkanes of at least 4 members (excludes halogenated alkanes) is 1. The van der Waals surface area contributed by atoms with Gasteiger partial charge < -0.3 is 10.6 Å². The Balaban J connectivity index is 1.92. The predicted molar refractivity (Wildman–Crippen MR) is 119 cm³/mol. The molecule has 0 saturated heterocycles. The predicted octanol–water partition coefficient (Wildman–Crippen LogP) is 4.19. The number of rotatable bonds is 6. The summed E-state index contributed by atoms with van der Waals surface area (Å²) in [4.78, 5) is 37.4. The third-order valence-corrected chi connectivity index (χ3v) is 4.92. The van der Waals surface area contributed by atoms with Gasteiger partial charge in [0, 0.05) is 17.0 Å². The average Bonchev–Trinajstić information content (AvgIpc) is 3.07. The Morgan fingerprint density at radius 1 is 1.00 bits per heavy atom. The van der Waals surface area contributed by atoms with Gasteiger partial charge in [0.05, 0.1) is 16.2 Å². The number of aromatic nitrogens is 1. The fourth-order valence-corrected chi connectivity index (χ4v) is 3.20. The fourth-order valence-electron chi connectivity index (χ4n) is 2.83. The topological polar surface area (TPSA) is 92.2 Å². The Kier molecular flexibility index (Phi) is 6.97. The smallest absolute Gasteiger partial charge is 0.328 e. The molecule has 7 nitrogen and oxygen atoms in total. The van der Waals surface area contributed by atoms with Crippen molar-refractivity contribution < 1.29 is 14.4 Å². The maximum Gasteiger partial charge on any atom is 0.328 e. The zero-order valence-corrected chi connectivity index (χ0v) is 17.7. The van der Waals surface area contributed by atoms with Crippen LogP contribution < -0.4 is 16.1 Å². The summed E-state index contributed by atoms with van der Waals surface area (Å²) in [5.74, 6) is -2.18. The summed E-state index contributed by atoms with van der Waals surface area (Å²) in [6.45, 7) is 2.37. The van der Waals surface area contributed by atoms with E-state index in [2.05, 4.69) is 16.1 Å². The molecule has 0 unspecified atom stereocenters. The van der Waals surface area contributed by atoms with Gasteiger partial charge in [0.1, 0.15) is 5.69 Å². The monoisotopic (exact) mass is 446 g/mol. The van der Waals surface area contributed by atoms with Crippen LogP contribution in [0, 0.1) is 0 Å². The zero-order chi connectivity index (χ0) is 21.7. The Morgan fingerprint density at radius 2 is 1.77 bits per heavy atom. The highest BCUT2D eigenvalue weighted by molar-refractivity contribution is 6.38. The Morgan fingerprint density at radius 3 is 2.50 bits per heavy atom. The van der Waals surface area contributed by atoms with E-state index >= 15 is 0 Å². The maximum absolute atomic E-state index is 12.9. The molecule has 3 aromatic rings. The van der Waals surface area contributed by atoms with E-state index in [1.807, 2.05) is 6.92 Å². The number of nitrogens with zero attached hydrogens (tertiary/aromatic N) is 1. The third-order valence-electron chi connectivity index (χ3n) is 4.35. The molecule has 0 aliphatic rings. The SMILES string of the molecule is CCCCNC(=O)C(=O)Nn1c(C(=O)Nc2ccccc2Cl)cc2cc(Cl)ccc21. The minimum absolute atomic E-state index is 0.113. The van der Waals surface area contributed by atoms with E-state index < -0.39 is 17.7 Å². The van der Waals surface area contributed by atoms with Crippen LogP contribution in [0.1, 0.15) is 30.3 Å². The molecule has 3 N–H and O–H groups in total. The first kappa shape index (κ1) is 21.7. The number of anilines is 1. The molecule has 9 heteroatoms. The number of benzene rings is 2. The van der Waals surface area contributed by atoms with Gasteiger partial charge in [0.15, 0.2) is 0 Å². The van der Waals surface area contributed by atoms with E-state index in [9.17, 15) is 14.4 Å². The number of para-hydroxylation sites is 1. The molecule has 3 amide bonds. The van der Waals surface area contributed by atoms with Crippen molar-refractivity contribution in [2.24, 2.45) is 0 Å². The summed E-state index contributed by atoms with van der Waals surface area (Å²) in [7, 11) is 0. The molecule has 0 saturated carbocycles. The number of hydrogen-bond donors (Lipinski definition) is 3. The first-order chi connectivity index (χ1) is 14.4. The number of carbonyl (C=O) groups is 3. The lowest BCUT2D eigenvalue weighted by Crippen LogP contribution is -2.40. The van der Waals surface area contributed by atoms with Crippen LogP contribution in [0.15, 0.2) is 48.5 Å². The average molecular weight is 447 g/mol. The lowest BCUT2D eigenvalue weighted by atomic mass is 10.2. The molecule has 156 valence electrons. The summed E-state index contributed by atoms with van der Waals surface area (Å²) >= 11 is 12.2. The first-order valence-electron chi connectivity index (χ1n) is 9.36. The molecular formula is C21H20Cl2N4O3. The van der Waals surface area contributed by atoms with Crippen LogP contribution in [0.25, 0.3) is 10.9 Å². The molecule has 2 aromatic carbocycles. The Hall–Kier alpha value is -3.03. The Bertz CT molecular complexity index is 1110. The van der Waals surface area contributed by atoms with Crippen molar-refractivity contribution in [3.8, 4) is 0 Å². The zero-order valence-electron chi connectivity index (χ0n) is 16.2. The number of halogens is 2. The molecule has 30 heavy (non-hydrogen) atoms. The van der Waals surface area contributed by atoms with Gasteiger partial charge in [0.2, 0.25) is 0 Å². The number of carbonyl (C=O) groups excluding carboxylic acids is 3. The summed E-state index contributed by atoms with van der Waals surface area (Å²) in [5, 5.41) is 6.72. The van der Waals surface area contributed by atoms with Crippen molar-refractivity contribution >= 4 is 57.5 Å². The van der Waals surface area contributed by atoms with Crippen LogP contribution in [-0.4, -0.2) is 28.9 Å². The molecule has 1 heterocycles. The number of amides is 3. The molecule has 3 rings (SSSR count). The second-order valence-electron chi connectivity index (χ2n) is 6.55. The highest BCUT2D eigenvalue weighted by Gasteiger charge is 2.21. The molecule has 0 spiro atoms. The van der Waals surface area contributed by atoms with Gasteiger partial charge in [0.25, 0.3) is 5.91 Å². The van der Waals surface area contributed by atoms with Crippen LogP contribution in [0.5, 0.6) is 0 Å². The lowest BCUT2D eigenvalue weighted by molar-refractivity contribution is -0.136. The van der Waals surface area contributed by atoms with E-state index in [0.717, 1.165) is 12.8 Å². The quantitative estimate of drug-likeness (QED) is 0.391. The first-order valence-corrected chi connectivity index (χ1v) is 10.1. The fraction of sp³-hybridized carbons (Fsp3) is 0.190. The van der Waals surface area contributed by atoms with Gasteiger partial charge in [-0.15, -0.1) is 0 Å². The second-order valence-corrected chi connectivity index (χ2v) is 7.40. The standard InChI is InChI=1S/C21H20Cl2N4O3/c1-2-3-10-24-20(29)21(30)26-27-17-9-8-14(22)11-13(17)12-18(27)19(28)25-16-7-5-4-6-15(16)23/h4-9,11-12H,2-3,10H2,1H3,(H,24,29)(H,25,28)(H,26,30). The number of nitrogens with one attached hydrogen (secondary N) is 3. The second kappa shape index (κ2) is 9.65. The molecule has 0 fully saturated rings. The van der Waals surface area contributed by atoms with Crippen LogP contribution in [0.4, 0.5) is 5.69 Å². The normalized spacial score (nSPS) is 10.6. The van der Waals surface area contributed by atoms with E-state index in [4.69, 9.17) is 23.2 Å². The van der Waals surface area contributed by atoms with Gasteiger partial charge in [-0.1, -0.05) is 48.7 Å². The van der Waals surface area contributed by atoms with Crippen molar-refractivity contribution in [3.05, 3.63) is 64.3 Å². The lowest BCUT2D eigenvalue weighted by Gasteiger charge is -2.13. The minimum Gasteiger partial charge on any atom is -0.348 e. The van der Waals surface area contributed by atoms with E-state index in [1.165, 1.54) is 4.68 Å². The summed E-state index contributed by atoms with van der Waals surface area (Å²) in [6.07, 6.45) is 1.65. The number of fused-ring (bicyclic) bond motifs is 1. The largest absolute Gasteiger partial charge is 0.348 e. The van der Waals surface area contributed by atoms with Gasteiger partial charge in [-0.25, -0.2) is 4.68 Å². The summed E-state index contributed by atoms with van der Waals surface area (Å²) in [5.41, 5.74) is 3.53. The van der Waals surface area contributed by atoms with Crippen LogP contribution in [0.2, 0.25) is 10.0 Å². The van der Waals surface area contributed by atoms with Crippen LogP contribution >= 0.6 is 23.2 Å². The van der Waals surface area contributed by atoms with E-state index in [-0.39, 0.29) is 5.69 Å². The molecular weight excluding hydrogens is 427 g/mol. The molecule has 1 aromatic heterocycles. The number of hydrogen-bond acceptors (Lipinski definition) is 3. The van der Waals surface area contributed by atoms with E-state index in [0.29, 0.717) is 33.2 Å². The van der Waals surface area contributed by atoms with Crippen molar-refractivity contribution in [2.75, 3.05) is 17.3 Å². The summed E-state index contributed by atoms with van der Waals surface area (Å²) < 4.78 is 1.26. The van der Waals surface area contributed by atoms with Gasteiger partial charge in [-0.05, 0) is 42.8 Å². The minimum atomic E-state index is -0.884. The van der Waals surface area contributed by atoms with Gasteiger partial charge >= 0.3 is 11.8 Å². The van der Waals surface area contributed by atoms with Crippen molar-refractivity contribution in [1.82, 2.24) is 9.99 Å². The van der Waals surface area contributed by atoms with Crippen molar-refractivity contribution in [1.29, 1.82) is 0 Å². The van der Waals surface area contributed by atoms with E-state index in [1.54, 1.807) is 48.5 Å². The maximum atomic E-state index is 12.9. The van der Waals surface area contributed by atoms with Crippen molar-refractivity contribution in [3.63, 3.8) is 0 Å². The van der Waals surface area contributed by atoms with Crippen LogP contribution in [0.3, 0.4) is 0 Å². The van der Waals surface area contributed by atoms with Gasteiger partial charge in [-0.2, -0.15) is 0 Å². The molecule has 0 radical (unpaired) electrons. The Labute approximate surface area is 183 Å². The summed E-state index contributed by atoms with van der Waals surface area (Å²) in [6, 6.07) is 13.3. The molecule has 0 aliphatic heterocycles. The van der Waals surface area contributed by atoms with Crippen molar-refractivity contribution in [2.45, 2.75) is 19.8 Å².